The molecule has 0 saturated heterocycles. The normalized spacial score (nSPS) is 12.8. The van der Waals surface area contributed by atoms with Crippen molar-refractivity contribution in [3.8, 4) is 11.4 Å². The van der Waals surface area contributed by atoms with E-state index in [-0.39, 0.29) is 0 Å². The number of hydrogen-bond acceptors (Lipinski definition) is 5. The number of pyridine rings is 1. The van der Waals surface area contributed by atoms with Gasteiger partial charge in [-0.1, -0.05) is 0 Å². The van der Waals surface area contributed by atoms with Gasteiger partial charge in [-0.25, -0.2) is 15.0 Å². The zero-order valence-corrected chi connectivity index (χ0v) is 14.6. The molecule has 0 radical (unpaired) electrons. The molecule has 1 unspecified atom stereocenters. The Morgan fingerprint density at radius 3 is 2.78 bits per heavy atom. The van der Waals surface area contributed by atoms with E-state index in [4.69, 9.17) is 0 Å². The van der Waals surface area contributed by atoms with Crippen LogP contribution in [0.2, 0.25) is 0 Å². The van der Waals surface area contributed by atoms with Crippen molar-refractivity contribution in [3.05, 3.63) is 36.8 Å². The lowest BCUT2D eigenvalue weighted by Gasteiger charge is -2.15. The number of hydrogen-bond donors (Lipinski definition) is 2. The van der Waals surface area contributed by atoms with Crippen LogP contribution in [0.5, 0.6) is 0 Å². The Labute approximate surface area is 152 Å². The van der Waals surface area contributed by atoms with Crippen LogP contribution in [0.4, 0.5) is 19.0 Å². The maximum Gasteiger partial charge on any atom is 0.405 e. The first-order valence-corrected chi connectivity index (χ1v) is 8.09. The fraction of sp³-hybridized carbons (Fsp3) is 0.294. The fourth-order valence-corrected chi connectivity index (χ4v) is 2.59. The standard InChI is InChI=1S/C17H17F3N6O/c1-10(16(27)23-9-17(18,19)20)24-13-5-7-21-14(25-13)12-8-26(2)15-11(12)4-3-6-22-15/h3-8,10H,9H2,1-2H3,(H,23,27)(H,21,24,25). The Kier molecular flexibility index (Phi) is 4.98. The van der Waals surface area contributed by atoms with Gasteiger partial charge in [-0.05, 0) is 25.1 Å². The lowest BCUT2D eigenvalue weighted by atomic mass is 10.2. The number of carbonyl (C=O) groups excluding carboxylic acids is 1. The molecule has 3 aromatic rings. The minimum absolute atomic E-state index is 0.329. The average molecular weight is 378 g/mol. The van der Waals surface area contributed by atoms with Gasteiger partial charge in [-0.3, -0.25) is 4.79 Å². The second kappa shape index (κ2) is 7.22. The van der Waals surface area contributed by atoms with Crippen LogP contribution in [0.25, 0.3) is 22.4 Å². The summed E-state index contributed by atoms with van der Waals surface area (Å²) in [4.78, 5) is 24.7. The van der Waals surface area contributed by atoms with Crippen LogP contribution in [0.15, 0.2) is 36.8 Å². The van der Waals surface area contributed by atoms with Crippen molar-refractivity contribution in [1.82, 2.24) is 24.8 Å². The molecule has 142 valence electrons. The third-order valence-electron chi connectivity index (χ3n) is 3.85. The van der Waals surface area contributed by atoms with Crippen molar-refractivity contribution in [2.24, 2.45) is 7.05 Å². The van der Waals surface area contributed by atoms with Gasteiger partial charge in [0, 0.05) is 36.6 Å². The second-order valence-electron chi connectivity index (χ2n) is 5.99. The Hall–Kier alpha value is -3.17. The van der Waals surface area contributed by atoms with Gasteiger partial charge in [0.25, 0.3) is 0 Å². The summed E-state index contributed by atoms with van der Waals surface area (Å²) in [5.41, 5.74) is 1.53. The average Bonchev–Trinajstić information content (AvgIpc) is 2.96. The number of aromatic nitrogens is 4. The van der Waals surface area contributed by atoms with E-state index >= 15 is 0 Å². The summed E-state index contributed by atoms with van der Waals surface area (Å²) in [6.45, 7) is 0.0746. The topological polar surface area (TPSA) is 84.7 Å². The van der Waals surface area contributed by atoms with Gasteiger partial charge in [-0.15, -0.1) is 0 Å². The predicted molar refractivity (Wildman–Crippen MR) is 93.9 cm³/mol. The highest BCUT2D eigenvalue weighted by Crippen LogP contribution is 2.27. The molecule has 0 aromatic carbocycles. The molecular weight excluding hydrogens is 361 g/mol. The molecule has 7 nitrogen and oxygen atoms in total. The third kappa shape index (κ3) is 4.33. The first-order valence-electron chi connectivity index (χ1n) is 8.09. The molecule has 3 rings (SSSR count). The summed E-state index contributed by atoms with van der Waals surface area (Å²) in [5, 5.41) is 5.49. The van der Waals surface area contributed by atoms with Crippen LogP contribution in [0.3, 0.4) is 0 Å². The monoisotopic (exact) mass is 378 g/mol. The van der Waals surface area contributed by atoms with Gasteiger partial charge >= 0.3 is 6.18 Å². The second-order valence-corrected chi connectivity index (χ2v) is 5.99. The SMILES string of the molecule is CC(Nc1ccnc(-c2cn(C)c3ncccc23)n1)C(=O)NCC(F)(F)F. The van der Waals surface area contributed by atoms with Gasteiger partial charge in [0.1, 0.15) is 24.1 Å². The summed E-state index contributed by atoms with van der Waals surface area (Å²) < 4.78 is 38.5. The molecule has 0 spiro atoms. The van der Waals surface area contributed by atoms with Crippen molar-refractivity contribution in [1.29, 1.82) is 0 Å². The number of nitrogens with one attached hydrogen (secondary N) is 2. The van der Waals surface area contributed by atoms with Gasteiger partial charge in [0.2, 0.25) is 5.91 Å². The zero-order valence-electron chi connectivity index (χ0n) is 14.6. The summed E-state index contributed by atoms with van der Waals surface area (Å²) in [6.07, 6.45) is 0.586. The van der Waals surface area contributed by atoms with E-state index in [1.807, 2.05) is 29.2 Å². The summed E-state index contributed by atoms with van der Waals surface area (Å²) in [7, 11) is 1.86. The fourth-order valence-electron chi connectivity index (χ4n) is 2.59. The Bertz CT molecular complexity index is 969. The zero-order chi connectivity index (χ0) is 19.6. The van der Waals surface area contributed by atoms with Gasteiger partial charge < -0.3 is 15.2 Å². The molecule has 3 aromatic heterocycles. The molecule has 0 aliphatic rings. The highest BCUT2D eigenvalue weighted by Gasteiger charge is 2.28. The minimum Gasteiger partial charge on any atom is -0.359 e. The molecular formula is C17H17F3N6O. The van der Waals surface area contributed by atoms with E-state index in [2.05, 4.69) is 20.3 Å². The maximum absolute atomic E-state index is 12.2. The Morgan fingerprint density at radius 1 is 1.26 bits per heavy atom. The van der Waals surface area contributed by atoms with Crippen molar-refractivity contribution < 1.29 is 18.0 Å². The molecule has 0 saturated carbocycles. The van der Waals surface area contributed by atoms with Crippen LogP contribution in [-0.2, 0) is 11.8 Å². The number of amides is 1. The van der Waals surface area contributed by atoms with E-state index in [1.54, 1.807) is 18.3 Å². The molecule has 10 heteroatoms. The number of fused-ring (bicyclic) bond motifs is 1. The highest BCUT2D eigenvalue weighted by molar-refractivity contribution is 5.92. The number of carbonyl (C=O) groups is 1. The number of nitrogens with zero attached hydrogens (tertiary/aromatic N) is 4. The first kappa shape index (κ1) is 18.6. The molecule has 0 aliphatic heterocycles. The third-order valence-corrected chi connectivity index (χ3v) is 3.85. The summed E-state index contributed by atoms with van der Waals surface area (Å²) in [5.74, 6) is -0.0288. The van der Waals surface area contributed by atoms with Crippen LogP contribution in [0.1, 0.15) is 6.92 Å². The molecule has 0 fully saturated rings. The lowest BCUT2D eigenvalue weighted by molar-refractivity contribution is -0.138. The quantitative estimate of drug-likeness (QED) is 0.713. The first-order chi connectivity index (χ1) is 12.7. The molecule has 1 amide bonds. The van der Waals surface area contributed by atoms with Crippen LogP contribution < -0.4 is 10.6 Å². The Balaban J connectivity index is 1.78. The van der Waals surface area contributed by atoms with Gasteiger partial charge in [0.05, 0.1) is 0 Å². The maximum atomic E-state index is 12.2. The smallest absolute Gasteiger partial charge is 0.359 e. The van der Waals surface area contributed by atoms with Crippen molar-refractivity contribution in [2.45, 2.75) is 19.1 Å². The van der Waals surface area contributed by atoms with Crippen molar-refractivity contribution >= 4 is 22.8 Å². The van der Waals surface area contributed by atoms with E-state index in [0.29, 0.717) is 11.6 Å². The largest absolute Gasteiger partial charge is 0.405 e. The number of rotatable bonds is 5. The molecule has 1 atom stereocenters. The molecule has 2 N–H and O–H groups in total. The van der Waals surface area contributed by atoms with Crippen LogP contribution in [0, 0.1) is 0 Å². The predicted octanol–water partition coefficient (Wildman–Crippen LogP) is 2.51. The van der Waals surface area contributed by atoms with E-state index in [9.17, 15) is 18.0 Å². The van der Waals surface area contributed by atoms with Crippen molar-refractivity contribution in [2.75, 3.05) is 11.9 Å². The lowest BCUT2D eigenvalue weighted by Crippen LogP contribution is -2.42. The molecule has 3 heterocycles. The van der Waals surface area contributed by atoms with E-state index in [0.717, 1.165) is 16.6 Å². The number of anilines is 1. The highest BCUT2D eigenvalue weighted by atomic mass is 19.4. The summed E-state index contributed by atoms with van der Waals surface area (Å²) >= 11 is 0. The van der Waals surface area contributed by atoms with Crippen molar-refractivity contribution in [3.63, 3.8) is 0 Å². The van der Waals surface area contributed by atoms with Crippen LogP contribution in [-0.4, -0.2) is 44.2 Å². The Morgan fingerprint density at radius 2 is 2.04 bits per heavy atom. The minimum atomic E-state index is -4.46. The van der Waals surface area contributed by atoms with Gasteiger partial charge in [-0.2, -0.15) is 13.2 Å². The molecule has 0 bridgehead atoms. The number of aryl methyl sites for hydroxylation is 1. The number of halogens is 3. The molecule has 0 aliphatic carbocycles. The number of alkyl halides is 3. The van der Waals surface area contributed by atoms with E-state index < -0.39 is 24.7 Å². The van der Waals surface area contributed by atoms with Gasteiger partial charge in [0.15, 0.2) is 5.82 Å². The van der Waals surface area contributed by atoms with E-state index in [1.165, 1.54) is 13.1 Å². The molecule has 27 heavy (non-hydrogen) atoms. The van der Waals surface area contributed by atoms with Crippen LogP contribution >= 0.6 is 0 Å². The summed E-state index contributed by atoms with van der Waals surface area (Å²) in [6, 6.07) is 4.35.